The predicted octanol–water partition coefficient (Wildman–Crippen LogP) is 1.91. The number of nitrogens with zero attached hydrogens (tertiary/aromatic N) is 2. The molecule has 20 heavy (non-hydrogen) atoms. The molecule has 110 valence electrons. The van der Waals surface area contributed by atoms with Crippen LogP contribution in [-0.4, -0.2) is 61.5 Å². The van der Waals surface area contributed by atoms with Crippen LogP contribution in [-0.2, 0) is 0 Å². The number of carbonyl (C=O) groups is 1. The highest BCUT2D eigenvalue weighted by Crippen LogP contribution is 2.18. The normalized spacial score (nSPS) is 17.1. The van der Waals surface area contributed by atoms with Gasteiger partial charge in [-0.3, -0.25) is 9.69 Å². The lowest BCUT2D eigenvalue weighted by molar-refractivity contribution is 0.100. The van der Waals surface area contributed by atoms with Crippen molar-refractivity contribution in [2.24, 2.45) is 0 Å². The summed E-state index contributed by atoms with van der Waals surface area (Å²) < 4.78 is 5.78. The number of hydrogen-bond acceptors (Lipinski definition) is 4. The van der Waals surface area contributed by atoms with Crippen LogP contribution in [0.3, 0.4) is 0 Å². The maximum absolute atomic E-state index is 11.5. The quantitative estimate of drug-likeness (QED) is 0.743. The number of para-hydroxylation sites is 1. The lowest BCUT2D eigenvalue weighted by Crippen LogP contribution is -2.47. The highest BCUT2D eigenvalue weighted by atomic mass is 16.5. The Morgan fingerprint density at radius 1 is 1.15 bits per heavy atom. The molecule has 1 aliphatic heterocycles. The average molecular weight is 276 g/mol. The van der Waals surface area contributed by atoms with Gasteiger partial charge in [-0.15, -0.1) is 0 Å². The summed E-state index contributed by atoms with van der Waals surface area (Å²) in [5.41, 5.74) is 0.670. The highest BCUT2D eigenvalue weighted by Gasteiger charge is 2.15. The molecule has 0 bridgehead atoms. The van der Waals surface area contributed by atoms with Gasteiger partial charge in [0, 0.05) is 32.7 Å². The van der Waals surface area contributed by atoms with Gasteiger partial charge in [0.1, 0.15) is 12.4 Å². The van der Waals surface area contributed by atoms with Crippen LogP contribution in [0.4, 0.5) is 0 Å². The number of hydrogen-bond donors (Lipinski definition) is 0. The van der Waals surface area contributed by atoms with Crippen molar-refractivity contribution < 1.29 is 9.53 Å². The molecule has 1 aliphatic rings. The van der Waals surface area contributed by atoms with Crippen molar-refractivity contribution >= 4 is 5.78 Å². The molecule has 1 aromatic carbocycles. The summed E-state index contributed by atoms with van der Waals surface area (Å²) in [5.74, 6) is 0.754. The van der Waals surface area contributed by atoms with E-state index in [1.165, 1.54) is 0 Å². The van der Waals surface area contributed by atoms with Gasteiger partial charge in [0.2, 0.25) is 0 Å². The van der Waals surface area contributed by atoms with E-state index in [-0.39, 0.29) is 5.78 Å². The molecule has 0 aromatic heterocycles. The fourth-order valence-electron chi connectivity index (χ4n) is 2.50. The Morgan fingerprint density at radius 2 is 1.80 bits per heavy atom. The van der Waals surface area contributed by atoms with Crippen molar-refractivity contribution in [1.82, 2.24) is 9.80 Å². The van der Waals surface area contributed by atoms with Gasteiger partial charge in [-0.1, -0.05) is 19.1 Å². The van der Waals surface area contributed by atoms with Gasteiger partial charge in [-0.25, -0.2) is 0 Å². The highest BCUT2D eigenvalue weighted by molar-refractivity contribution is 5.96. The third-order valence-electron chi connectivity index (χ3n) is 3.84. The second-order valence-electron chi connectivity index (χ2n) is 5.18. The third-order valence-corrected chi connectivity index (χ3v) is 3.84. The van der Waals surface area contributed by atoms with E-state index in [9.17, 15) is 4.79 Å². The van der Waals surface area contributed by atoms with E-state index in [2.05, 4.69) is 16.7 Å². The fourth-order valence-corrected chi connectivity index (χ4v) is 2.50. The number of ketones is 1. The monoisotopic (exact) mass is 276 g/mol. The molecular weight excluding hydrogens is 252 g/mol. The van der Waals surface area contributed by atoms with E-state index in [0.29, 0.717) is 17.9 Å². The van der Waals surface area contributed by atoms with Crippen LogP contribution >= 0.6 is 0 Å². The first-order valence-electron chi connectivity index (χ1n) is 7.38. The van der Waals surface area contributed by atoms with Crippen molar-refractivity contribution in [3.63, 3.8) is 0 Å². The Bertz CT molecular complexity index is 440. The molecule has 0 amide bonds. The fraction of sp³-hybridized carbons (Fsp3) is 0.562. The second-order valence-corrected chi connectivity index (χ2v) is 5.18. The van der Waals surface area contributed by atoms with Crippen LogP contribution in [0.25, 0.3) is 0 Å². The molecule has 4 heteroatoms. The Hall–Kier alpha value is -1.39. The molecule has 1 saturated heterocycles. The Labute approximate surface area is 121 Å². The van der Waals surface area contributed by atoms with Crippen LogP contribution in [0.2, 0.25) is 0 Å². The molecule has 0 spiro atoms. The second kappa shape index (κ2) is 7.41. The van der Waals surface area contributed by atoms with Crippen LogP contribution in [0.1, 0.15) is 24.2 Å². The van der Waals surface area contributed by atoms with E-state index in [4.69, 9.17) is 4.74 Å². The number of carbonyl (C=O) groups excluding carboxylic acids is 1. The zero-order chi connectivity index (χ0) is 14.4. The largest absolute Gasteiger partial charge is 0.491 e. The van der Waals surface area contributed by atoms with Crippen molar-refractivity contribution in [2.45, 2.75) is 13.8 Å². The molecule has 0 aliphatic carbocycles. The summed E-state index contributed by atoms with van der Waals surface area (Å²) in [7, 11) is 0. The van der Waals surface area contributed by atoms with E-state index < -0.39 is 0 Å². The molecular formula is C16H24N2O2. The summed E-state index contributed by atoms with van der Waals surface area (Å²) in [6.07, 6.45) is 0. The molecule has 1 fully saturated rings. The Morgan fingerprint density at radius 3 is 2.45 bits per heavy atom. The number of piperazine rings is 1. The summed E-state index contributed by atoms with van der Waals surface area (Å²) in [5, 5.41) is 0. The summed E-state index contributed by atoms with van der Waals surface area (Å²) in [4.78, 5) is 16.4. The van der Waals surface area contributed by atoms with Crippen molar-refractivity contribution in [2.75, 3.05) is 45.9 Å². The standard InChI is InChI=1S/C16H24N2O2/c1-3-17-8-10-18(11-9-17)12-13-20-16-7-5-4-6-15(16)14(2)19/h4-7H,3,8-13H2,1-2H3. The molecule has 0 N–H and O–H groups in total. The number of rotatable bonds is 6. The molecule has 0 atom stereocenters. The average Bonchev–Trinajstić information content (AvgIpc) is 2.48. The summed E-state index contributed by atoms with van der Waals surface area (Å²) in [6, 6.07) is 7.46. The van der Waals surface area contributed by atoms with Gasteiger partial charge in [0.25, 0.3) is 0 Å². The SMILES string of the molecule is CCN1CCN(CCOc2ccccc2C(C)=O)CC1. The molecule has 1 heterocycles. The van der Waals surface area contributed by atoms with Gasteiger partial charge in [-0.2, -0.15) is 0 Å². The smallest absolute Gasteiger partial charge is 0.163 e. The van der Waals surface area contributed by atoms with Crippen LogP contribution in [0.15, 0.2) is 24.3 Å². The minimum Gasteiger partial charge on any atom is -0.491 e. The minimum atomic E-state index is 0.0529. The molecule has 0 radical (unpaired) electrons. The zero-order valence-corrected chi connectivity index (χ0v) is 12.5. The number of Topliss-reactive ketones (excluding diaryl/α,β-unsaturated/α-hetero) is 1. The van der Waals surface area contributed by atoms with Gasteiger partial charge in [-0.05, 0) is 25.6 Å². The number of ether oxygens (including phenoxy) is 1. The van der Waals surface area contributed by atoms with Gasteiger partial charge < -0.3 is 9.64 Å². The number of likely N-dealkylation sites (N-methyl/N-ethyl adjacent to an activating group) is 1. The maximum Gasteiger partial charge on any atom is 0.163 e. The van der Waals surface area contributed by atoms with Gasteiger partial charge in [0.15, 0.2) is 5.78 Å². The van der Waals surface area contributed by atoms with Crippen molar-refractivity contribution in [3.8, 4) is 5.75 Å². The lowest BCUT2D eigenvalue weighted by atomic mass is 10.1. The van der Waals surface area contributed by atoms with Crippen molar-refractivity contribution in [3.05, 3.63) is 29.8 Å². The van der Waals surface area contributed by atoms with E-state index in [1.807, 2.05) is 24.3 Å². The van der Waals surface area contributed by atoms with Crippen molar-refractivity contribution in [1.29, 1.82) is 0 Å². The first-order chi connectivity index (χ1) is 9.70. The van der Waals surface area contributed by atoms with Crippen LogP contribution in [0, 0.1) is 0 Å². The Kier molecular flexibility index (Phi) is 5.56. The third kappa shape index (κ3) is 4.05. The summed E-state index contributed by atoms with van der Waals surface area (Å²) in [6.45, 7) is 11.0. The number of benzene rings is 1. The minimum absolute atomic E-state index is 0.0529. The molecule has 0 saturated carbocycles. The summed E-state index contributed by atoms with van der Waals surface area (Å²) >= 11 is 0. The lowest BCUT2D eigenvalue weighted by Gasteiger charge is -2.33. The van der Waals surface area contributed by atoms with Gasteiger partial charge >= 0.3 is 0 Å². The van der Waals surface area contributed by atoms with E-state index >= 15 is 0 Å². The maximum atomic E-state index is 11.5. The molecule has 1 aromatic rings. The molecule has 2 rings (SSSR count). The zero-order valence-electron chi connectivity index (χ0n) is 12.5. The predicted molar refractivity (Wildman–Crippen MR) is 80.5 cm³/mol. The van der Waals surface area contributed by atoms with E-state index in [1.54, 1.807) is 6.92 Å². The van der Waals surface area contributed by atoms with E-state index in [0.717, 1.165) is 39.3 Å². The topological polar surface area (TPSA) is 32.8 Å². The Balaban J connectivity index is 1.78. The van der Waals surface area contributed by atoms with Crippen LogP contribution in [0.5, 0.6) is 5.75 Å². The first kappa shape index (κ1) is 15.0. The van der Waals surface area contributed by atoms with Gasteiger partial charge in [0.05, 0.1) is 5.56 Å². The molecule has 0 unspecified atom stereocenters. The first-order valence-corrected chi connectivity index (χ1v) is 7.38. The van der Waals surface area contributed by atoms with Crippen LogP contribution < -0.4 is 4.74 Å². The molecule has 4 nitrogen and oxygen atoms in total.